The van der Waals surface area contributed by atoms with Crippen molar-refractivity contribution in [3.05, 3.63) is 12.2 Å². The van der Waals surface area contributed by atoms with Gasteiger partial charge in [0.2, 0.25) is 11.8 Å². The maximum Gasteiger partial charge on any atom is 0.246 e. The summed E-state index contributed by atoms with van der Waals surface area (Å²) in [5.74, 6) is 0.509. The summed E-state index contributed by atoms with van der Waals surface area (Å²) in [5, 5.41) is 10.9. The first-order valence-corrected chi connectivity index (χ1v) is 6.11. The smallest absolute Gasteiger partial charge is 0.246 e. The third kappa shape index (κ3) is 2.26. The molecule has 0 spiro atoms. The van der Waals surface area contributed by atoms with Crippen molar-refractivity contribution in [3.63, 3.8) is 0 Å². The van der Waals surface area contributed by atoms with Crippen LogP contribution >= 0.6 is 0 Å². The van der Waals surface area contributed by atoms with E-state index in [0.717, 1.165) is 12.4 Å². The van der Waals surface area contributed by atoms with Crippen molar-refractivity contribution in [3.8, 4) is 0 Å². The Hall–Kier alpha value is -1.76. The minimum Gasteiger partial charge on any atom is -0.317 e. The number of nitrogens with zero attached hydrogens (tertiary/aromatic N) is 4. The zero-order chi connectivity index (χ0) is 13.1. The van der Waals surface area contributed by atoms with E-state index < -0.39 is 6.04 Å². The van der Waals surface area contributed by atoms with E-state index in [4.69, 9.17) is 0 Å². The number of aryl methyl sites for hydroxylation is 1. The summed E-state index contributed by atoms with van der Waals surface area (Å²) in [4.78, 5) is 24.7. The normalized spacial score (nSPS) is 19.9. The molecular weight excluding hydrogens is 234 g/mol. The molecule has 0 saturated carbocycles. The van der Waals surface area contributed by atoms with Crippen LogP contribution in [0.25, 0.3) is 0 Å². The molecule has 0 bridgehead atoms. The standard InChI is InChI=1S/C11H17N5O2/c1-3-15-7-13-14-9(15)6-12-8-5-10(17)16(4-2)11(8)18/h7-8,12H,3-6H2,1-2H3. The number of aromatic nitrogens is 3. The third-order valence-electron chi connectivity index (χ3n) is 3.10. The Kier molecular flexibility index (Phi) is 3.71. The van der Waals surface area contributed by atoms with Crippen molar-refractivity contribution in [1.82, 2.24) is 25.0 Å². The lowest BCUT2D eigenvalue weighted by molar-refractivity contribution is -0.138. The van der Waals surface area contributed by atoms with Crippen LogP contribution in [-0.2, 0) is 22.7 Å². The van der Waals surface area contributed by atoms with Gasteiger partial charge in [-0.25, -0.2) is 0 Å². The van der Waals surface area contributed by atoms with E-state index in [9.17, 15) is 9.59 Å². The first kappa shape index (κ1) is 12.7. The summed E-state index contributed by atoms with van der Waals surface area (Å²) in [7, 11) is 0. The Morgan fingerprint density at radius 1 is 1.39 bits per heavy atom. The van der Waals surface area contributed by atoms with Crippen molar-refractivity contribution in [1.29, 1.82) is 0 Å². The number of hydrogen-bond donors (Lipinski definition) is 1. The molecular formula is C11H17N5O2. The van der Waals surface area contributed by atoms with E-state index in [1.165, 1.54) is 4.90 Å². The molecule has 0 radical (unpaired) electrons. The SMILES string of the molecule is CCN1C(=O)CC(NCc2nncn2CC)C1=O. The Morgan fingerprint density at radius 2 is 2.17 bits per heavy atom. The molecule has 2 amide bonds. The van der Waals surface area contributed by atoms with E-state index in [-0.39, 0.29) is 18.2 Å². The summed E-state index contributed by atoms with van der Waals surface area (Å²) >= 11 is 0. The van der Waals surface area contributed by atoms with Crippen molar-refractivity contribution < 1.29 is 9.59 Å². The Labute approximate surface area is 105 Å². The molecule has 7 nitrogen and oxygen atoms in total. The topological polar surface area (TPSA) is 80.1 Å². The summed E-state index contributed by atoms with van der Waals surface area (Å²) < 4.78 is 1.89. The van der Waals surface area contributed by atoms with Crippen LogP contribution in [0.15, 0.2) is 6.33 Å². The fourth-order valence-corrected chi connectivity index (χ4v) is 2.07. The average Bonchev–Trinajstić information content (AvgIpc) is 2.91. The largest absolute Gasteiger partial charge is 0.317 e. The van der Waals surface area contributed by atoms with Gasteiger partial charge < -0.3 is 4.57 Å². The van der Waals surface area contributed by atoms with Gasteiger partial charge >= 0.3 is 0 Å². The van der Waals surface area contributed by atoms with Crippen molar-refractivity contribution in [2.75, 3.05) is 6.54 Å². The Balaban J connectivity index is 1.96. The highest BCUT2D eigenvalue weighted by Crippen LogP contribution is 2.12. The monoisotopic (exact) mass is 251 g/mol. The van der Waals surface area contributed by atoms with Crippen LogP contribution in [0.2, 0.25) is 0 Å². The van der Waals surface area contributed by atoms with Gasteiger partial charge in [0.25, 0.3) is 0 Å². The lowest BCUT2D eigenvalue weighted by Gasteiger charge is -2.12. The predicted octanol–water partition coefficient (Wildman–Crippen LogP) is -0.465. The van der Waals surface area contributed by atoms with Gasteiger partial charge in [0.05, 0.1) is 19.0 Å². The number of likely N-dealkylation sites (N-methyl/N-ethyl adjacent to an activating group) is 1. The first-order valence-electron chi connectivity index (χ1n) is 6.11. The Morgan fingerprint density at radius 3 is 2.78 bits per heavy atom. The summed E-state index contributed by atoms with van der Waals surface area (Å²) in [6, 6.07) is -0.431. The van der Waals surface area contributed by atoms with Crippen LogP contribution in [0.1, 0.15) is 26.1 Å². The van der Waals surface area contributed by atoms with Crippen LogP contribution in [-0.4, -0.2) is 44.1 Å². The highest BCUT2D eigenvalue weighted by molar-refractivity contribution is 6.05. The van der Waals surface area contributed by atoms with E-state index in [1.54, 1.807) is 13.3 Å². The molecule has 1 aromatic rings. The zero-order valence-electron chi connectivity index (χ0n) is 10.6. The van der Waals surface area contributed by atoms with Gasteiger partial charge in [0, 0.05) is 13.1 Å². The first-order chi connectivity index (χ1) is 8.67. The minimum absolute atomic E-state index is 0.114. The van der Waals surface area contributed by atoms with E-state index in [2.05, 4.69) is 15.5 Å². The second-order valence-corrected chi connectivity index (χ2v) is 4.15. The highest BCUT2D eigenvalue weighted by Gasteiger charge is 2.37. The summed E-state index contributed by atoms with van der Waals surface area (Å²) in [6.07, 6.45) is 1.88. The van der Waals surface area contributed by atoms with Crippen LogP contribution in [0.4, 0.5) is 0 Å². The summed E-state index contributed by atoms with van der Waals surface area (Å²) in [6.45, 7) is 5.44. The molecule has 0 aromatic carbocycles. The number of carbonyl (C=O) groups excluding carboxylic acids is 2. The van der Waals surface area contributed by atoms with E-state index in [1.807, 2.05) is 11.5 Å². The molecule has 2 rings (SSSR count). The highest BCUT2D eigenvalue weighted by atomic mass is 16.2. The van der Waals surface area contributed by atoms with E-state index in [0.29, 0.717) is 13.1 Å². The van der Waals surface area contributed by atoms with Gasteiger partial charge in [0.1, 0.15) is 12.2 Å². The van der Waals surface area contributed by atoms with Gasteiger partial charge in [0.15, 0.2) is 0 Å². The second-order valence-electron chi connectivity index (χ2n) is 4.15. The number of nitrogens with one attached hydrogen (secondary N) is 1. The van der Waals surface area contributed by atoms with Crippen molar-refractivity contribution >= 4 is 11.8 Å². The van der Waals surface area contributed by atoms with Crippen LogP contribution in [0.3, 0.4) is 0 Å². The fraction of sp³-hybridized carbons (Fsp3) is 0.636. The average molecular weight is 251 g/mol. The maximum absolute atomic E-state index is 11.9. The molecule has 1 aromatic heterocycles. The molecule has 18 heavy (non-hydrogen) atoms. The third-order valence-corrected chi connectivity index (χ3v) is 3.10. The number of likely N-dealkylation sites (tertiary alicyclic amines) is 1. The second kappa shape index (κ2) is 5.26. The number of imide groups is 1. The molecule has 7 heteroatoms. The lowest BCUT2D eigenvalue weighted by atomic mass is 10.2. The quantitative estimate of drug-likeness (QED) is 0.716. The summed E-state index contributed by atoms with van der Waals surface area (Å²) in [5.41, 5.74) is 0. The molecule has 1 unspecified atom stereocenters. The maximum atomic E-state index is 11.9. The van der Waals surface area contributed by atoms with Gasteiger partial charge in [-0.2, -0.15) is 0 Å². The molecule has 2 heterocycles. The van der Waals surface area contributed by atoms with Gasteiger partial charge in [-0.1, -0.05) is 0 Å². The predicted molar refractivity (Wildman–Crippen MR) is 63.3 cm³/mol. The van der Waals surface area contributed by atoms with Gasteiger partial charge in [-0.15, -0.1) is 10.2 Å². The fourth-order valence-electron chi connectivity index (χ4n) is 2.07. The van der Waals surface area contributed by atoms with Crippen LogP contribution in [0, 0.1) is 0 Å². The number of hydrogen-bond acceptors (Lipinski definition) is 5. The van der Waals surface area contributed by atoms with E-state index >= 15 is 0 Å². The van der Waals surface area contributed by atoms with Crippen molar-refractivity contribution in [2.45, 2.75) is 39.4 Å². The number of amides is 2. The molecule has 1 aliphatic heterocycles. The molecule has 0 aliphatic carbocycles. The Bertz CT molecular complexity index is 456. The molecule has 1 saturated heterocycles. The number of carbonyl (C=O) groups is 2. The number of rotatable bonds is 5. The molecule has 1 fully saturated rings. The van der Waals surface area contributed by atoms with Gasteiger partial charge in [-0.05, 0) is 13.8 Å². The molecule has 1 aliphatic rings. The van der Waals surface area contributed by atoms with Crippen LogP contribution < -0.4 is 5.32 Å². The molecule has 1 atom stereocenters. The van der Waals surface area contributed by atoms with Crippen molar-refractivity contribution in [2.24, 2.45) is 0 Å². The zero-order valence-corrected chi connectivity index (χ0v) is 10.6. The minimum atomic E-state index is -0.431. The molecule has 1 N–H and O–H groups in total. The molecule has 98 valence electrons. The lowest BCUT2D eigenvalue weighted by Crippen LogP contribution is -2.38. The van der Waals surface area contributed by atoms with Crippen LogP contribution in [0.5, 0.6) is 0 Å². The van der Waals surface area contributed by atoms with Gasteiger partial charge in [-0.3, -0.25) is 19.8 Å².